The van der Waals surface area contributed by atoms with Crippen molar-refractivity contribution in [1.82, 2.24) is 9.13 Å². The Kier molecular flexibility index (Phi) is 4.56. The van der Waals surface area contributed by atoms with Gasteiger partial charge in [0.1, 0.15) is 5.75 Å². The standard InChI is InChI=1S/C14H14N6O3/c1-19-12(11(17-15)13(21)20(2)14(19)22)18-16-8-9-4-6-10(23-3)7-5-9/h4-8H,1-3H3/b16-8-. The Morgan fingerprint density at radius 1 is 1.26 bits per heavy atom. The highest BCUT2D eigenvalue weighted by molar-refractivity contribution is 5.79. The van der Waals surface area contributed by atoms with Crippen LogP contribution in [0.25, 0.3) is 4.98 Å². The molecule has 0 N–H and O–H groups in total. The molecule has 0 aliphatic heterocycles. The maximum absolute atomic E-state index is 11.9. The fourth-order valence-electron chi connectivity index (χ4n) is 1.86. The molecule has 2 rings (SSSR count). The van der Waals surface area contributed by atoms with Crippen molar-refractivity contribution in [3.63, 3.8) is 0 Å². The molecule has 1 aromatic carbocycles. The van der Waals surface area contributed by atoms with Crippen LogP contribution in [0.3, 0.4) is 0 Å². The SMILES string of the molecule is COc1ccc(/C=N\N=c2/c([N+]#N)c([O-])n(C)c(=O)n2C)cc1. The van der Waals surface area contributed by atoms with Gasteiger partial charge in [0.25, 0.3) is 5.49 Å². The third-order valence-corrected chi connectivity index (χ3v) is 3.19. The van der Waals surface area contributed by atoms with Crippen LogP contribution in [-0.4, -0.2) is 22.5 Å². The minimum atomic E-state index is -0.756. The van der Waals surface area contributed by atoms with E-state index >= 15 is 0 Å². The maximum Gasteiger partial charge on any atom is 0.437 e. The molecule has 0 atom stereocenters. The number of methoxy groups -OCH3 is 1. The van der Waals surface area contributed by atoms with Crippen LogP contribution in [-0.2, 0) is 14.1 Å². The molecule has 23 heavy (non-hydrogen) atoms. The van der Waals surface area contributed by atoms with E-state index < -0.39 is 11.6 Å². The Balaban J connectivity index is 2.49. The molecule has 0 aliphatic carbocycles. The van der Waals surface area contributed by atoms with E-state index in [9.17, 15) is 9.90 Å². The molecule has 0 fully saturated rings. The van der Waals surface area contributed by atoms with Crippen LogP contribution >= 0.6 is 0 Å². The predicted octanol–water partition coefficient (Wildman–Crippen LogP) is 0.225. The fraction of sp³-hybridized carbons (Fsp3) is 0.214. The Morgan fingerprint density at radius 2 is 1.91 bits per heavy atom. The van der Waals surface area contributed by atoms with E-state index in [0.717, 1.165) is 14.7 Å². The molecule has 9 heteroatoms. The minimum absolute atomic E-state index is 0.134. The van der Waals surface area contributed by atoms with Gasteiger partial charge in [-0.1, -0.05) is 0 Å². The Hall–Kier alpha value is -3.41. The third kappa shape index (κ3) is 3.11. The van der Waals surface area contributed by atoms with Crippen molar-refractivity contribution in [3.05, 3.63) is 50.8 Å². The topological polar surface area (TPSA) is 112 Å². The monoisotopic (exact) mass is 314 g/mol. The zero-order valence-electron chi connectivity index (χ0n) is 12.8. The molecule has 1 heterocycles. The minimum Gasteiger partial charge on any atom is -0.854 e. The van der Waals surface area contributed by atoms with Crippen molar-refractivity contribution < 1.29 is 9.84 Å². The summed E-state index contributed by atoms with van der Waals surface area (Å²) in [5.41, 5.74) is -0.349. The van der Waals surface area contributed by atoms with Crippen LogP contribution in [0.1, 0.15) is 5.56 Å². The van der Waals surface area contributed by atoms with Gasteiger partial charge in [-0.05, 0) is 29.8 Å². The highest BCUT2D eigenvalue weighted by Gasteiger charge is 2.18. The van der Waals surface area contributed by atoms with Gasteiger partial charge in [0.05, 0.1) is 19.2 Å². The van der Waals surface area contributed by atoms with Crippen LogP contribution in [0.2, 0.25) is 0 Å². The molecule has 0 saturated carbocycles. The molecule has 0 amide bonds. The fourth-order valence-corrected chi connectivity index (χ4v) is 1.86. The number of hydrogen-bond acceptors (Lipinski definition) is 6. The lowest BCUT2D eigenvalue weighted by Crippen LogP contribution is -2.38. The molecule has 0 spiro atoms. The molecule has 0 unspecified atom stereocenters. The number of nitrogens with zero attached hydrogens (tertiary/aromatic N) is 6. The van der Waals surface area contributed by atoms with Gasteiger partial charge in [0.15, 0.2) is 4.98 Å². The second-order valence-corrected chi connectivity index (χ2v) is 4.60. The quantitative estimate of drug-likeness (QED) is 0.458. The van der Waals surface area contributed by atoms with Gasteiger partial charge in [-0.2, -0.15) is 5.10 Å². The highest BCUT2D eigenvalue weighted by atomic mass is 16.5. The Labute approximate surface area is 131 Å². The van der Waals surface area contributed by atoms with Crippen LogP contribution in [0, 0.1) is 5.39 Å². The summed E-state index contributed by atoms with van der Waals surface area (Å²) in [5.74, 6) is -0.0524. The van der Waals surface area contributed by atoms with Gasteiger partial charge in [0, 0.05) is 14.1 Å². The van der Waals surface area contributed by atoms with E-state index in [1.54, 1.807) is 31.4 Å². The van der Waals surface area contributed by atoms with Crippen molar-refractivity contribution in [2.24, 2.45) is 24.3 Å². The lowest BCUT2D eigenvalue weighted by molar-refractivity contribution is -0.278. The zero-order chi connectivity index (χ0) is 17.0. The Morgan fingerprint density at radius 3 is 2.48 bits per heavy atom. The van der Waals surface area contributed by atoms with E-state index in [1.807, 2.05) is 0 Å². The van der Waals surface area contributed by atoms with Gasteiger partial charge >= 0.3 is 11.4 Å². The van der Waals surface area contributed by atoms with E-state index in [1.165, 1.54) is 20.3 Å². The second-order valence-electron chi connectivity index (χ2n) is 4.60. The molecule has 118 valence electrons. The van der Waals surface area contributed by atoms with Crippen molar-refractivity contribution >= 4 is 11.9 Å². The van der Waals surface area contributed by atoms with Crippen LogP contribution in [0.5, 0.6) is 11.6 Å². The van der Waals surface area contributed by atoms with Gasteiger partial charge < -0.3 is 14.4 Å². The summed E-state index contributed by atoms with van der Waals surface area (Å²) in [6.07, 6.45) is 1.43. The zero-order valence-corrected chi connectivity index (χ0v) is 12.8. The van der Waals surface area contributed by atoms with Crippen LogP contribution in [0.15, 0.2) is 39.3 Å². The summed E-state index contributed by atoms with van der Waals surface area (Å²) in [5, 5.41) is 28.5. The summed E-state index contributed by atoms with van der Waals surface area (Å²) in [7, 11) is 4.25. The lowest BCUT2D eigenvalue weighted by Gasteiger charge is -2.09. The largest absolute Gasteiger partial charge is 0.854 e. The average Bonchev–Trinajstić information content (AvgIpc) is 2.58. The number of ether oxygens (including phenoxy) is 1. The van der Waals surface area contributed by atoms with Gasteiger partial charge in [-0.25, -0.2) is 4.79 Å². The molecule has 0 bridgehead atoms. The van der Waals surface area contributed by atoms with Crippen LogP contribution in [0.4, 0.5) is 5.69 Å². The first-order valence-electron chi connectivity index (χ1n) is 6.52. The Bertz CT molecular complexity index is 916. The molecule has 0 saturated heterocycles. The van der Waals surface area contributed by atoms with Gasteiger partial charge in [-0.15, -0.1) is 5.10 Å². The highest BCUT2D eigenvalue weighted by Crippen LogP contribution is 2.14. The van der Waals surface area contributed by atoms with Gasteiger partial charge in [-0.3, -0.25) is 4.57 Å². The number of hydrogen-bond donors (Lipinski definition) is 0. The number of aromatic nitrogens is 2. The summed E-state index contributed by atoms with van der Waals surface area (Å²) >= 11 is 0. The molecule has 2 aromatic rings. The first kappa shape index (κ1) is 16.0. The average molecular weight is 314 g/mol. The van der Waals surface area contributed by atoms with E-state index in [-0.39, 0.29) is 11.2 Å². The maximum atomic E-state index is 11.9. The normalized spacial score (nSPS) is 11.7. The van der Waals surface area contributed by atoms with Crippen molar-refractivity contribution in [3.8, 4) is 11.6 Å². The first-order chi connectivity index (χ1) is 11.0. The molecular formula is C14H14N6O3. The van der Waals surface area contributed by atoms with Crippen molar-refractivity contribution in [2.75, 3.05) is 7.11 Å². The lowest BCUT2D eigenvalue weighted by atomic mass is 10.2. The van der Waals surface area contributed by atoms with E-state index in [0.29, 0.717) is 5.75 Å². The number of diazo groups is 1. The summed E-state index contributed by atoms with van der Waals surface area (Å²) in [6.45, 7) is 0. The summed E-state index contributed by atoms with van der Waals surface area (Å²) in [4.78, 5) is 14.8. The van der Waals surface area contributed by atoms with Crippen molar-refractivity contribution in [2.45, 2.75) is 0 Å². The van der Waals surface area contributed by atoms with Gasteiger partial charge in [0.2, 0.25) is 5.39 Å². The molecule has 1 aromatic heterocycles. The first-order valence-corrected chi connectivity index (χ1v) is 6.52. The van der Waals surface area contributed by atoms with E-state index in [4.69, 9.17) is 10.1 Å². The summed E-state index contributed by atoms with van der Waals surface area (Å²) in [6, 6.07) is 7.03. The number of rotatable bonds is 3. The van der Waals surface area contributed by atoms with E-state index in [2.05, 4.69) is 15.2 Å². The molecular weight excluding hydrogens is 300 g/mol. The second kappa shape index (κ2) is 6.57. The molecule has 9 nitrogen and oxygen atoms in total. The smallest absolute Gasteiger partial charge is 0.437 e. The predicted molar refractivity (Wildman–Crippen MR) is 81.0 cm³/mol. The van der Waals surface area contributed by atoms with Crippen LogP contribution < -0.4 is 21.0 Å². The number of benzene rings is 1. The third-order valence-electron chi connectivity index (χ3n) is 3.19. The molecule has 0 radical (unpaired) electrons. The molecule has 0 aliphatic rings. The summed E-state index contributed by atoms with van der Waals surface area (Å²) < 4.78 is 6.94. The van der Waals surface area contributed by atoms with Crippen molar-refractivity contribution in [1.29, 1.82) is 5.39 Å².